The van der Waals surface area contributed by atoms with E-state index in [0.717, 1.165) is 18.4 Å². The standard InChI is InChI=1S/C12H13FO/c13-10-5-3-4-9(8-10)12-7-2-1-6-11(12)14-12/h3-5,8,11H,1-2,6-7H2/t11-,12-/m0/s1. The molecular formula is C12H13FO. The fourth-order valence-electron chi connectivity index (χ4n) is 2.60. The van der Waals surface area contributed by atoms with Crippen molar-refractivity contribution < 1.29 is 9.13 Å². The Morgan fingerprint density at radius 1 is 1.36 bits per heavy atom. The quantitative estimate of drug-likeness (QED) is 0.623. The highest BCUT2D eigenvalue weighted by molar-refractivity contribution is 5.30. The number of fused-ring (bicyclic) bond motifs is 1. The highest BCUT2D eigenvalue weighted by Gasteiger charge is 2.58. The van der Waals surface area contributed by atoms with Crippen LogP contribution in [0.25, 0.3) is 0 Å². The summed E-state index contributed by atoms with van der Waals surface area (Å²) in [4.78, 5) is 0. The van der Waals surface area contributed by atoms with Gasteiger partial charge < -0.3 is 4.74 Å². The minimum atomic E-state index is -0.156. The van der Waals surface area contributed by atoms with Gasteiger partial charge in [0.2, 0.25) is 0 Å². The van der Waals surface area contributed by atoms with Crippen molar-refractivity contribution in [3.63, 3.8) is 0 Å². The van der Waals surface area contributed by atoms with Gasteiger partial charge >= 0.3 is 0 Å². The molecule has 0 N–H and O–H groups in total. The first-order chi connectivity index (χ1) is 6.81. The number of halogens is 1. The van der Waals surface area contributed by atoms with Gasteiger partial charge in [0, 0.05) is 0 Å². The lowest BCUT2D eigenvalue weighted by molar-refractivity contribution is 0.289. The number of epoxide rings is 1. The lowest BCUT2D eigenvalue weighted by Gasteiger charge is -2.17. The molecule has 2 fully saturated rings. The average Bonchev–Trinajstić information content (AvgIpc) is 2.93. The van der Waals surface area contributed by atoms with Crippen LogP contribution in [0.4, 0.5) is 4.39 Å². The molecule has 0 spiro atoms. The zero-order valence-electron chi connectivity index (χ0n) is 8.00. The van der Waals surface area contributed by atoms with Crippen LogP contribution in [-0.4, -0.2) is 6.10 Å². The van der Waals surface area contributed by atoms with Gasteiger partial charge in [-0.1, -0.05) is 25.0 Å². The second kappa shape index (κ2) is 2.80. The minimum absolute atomic E-state index is 0.111. The summed E-state index contributed by atoms with van der Waals surface area (Å²) in [6.45, 7) is 0. The molecule has 1 aromatic rings. The van der Waals surface area contributed by atoms with Crippen LogP contribution in [0.2, 0.25) is 0 Å². The monoisotopic (exact) mass is 192 g/mol. The number of rotatable bonds is 1. The molecule has 0 bridgehead atoms. The Balaban J connectivity index is 1.95. The third-order valence-corrected chi connectivity index (χ3v) is 3.39. The smallest absolute Gasteiger partial charge is 0.123 e. The van der Waals surface area contributed by atoms with E-state index in [1.165, 1.54) is 18.9 Å². The van der Waals surface area contributed by atoms with Crippen molar-refractivity contribution in [2.24, 2.45) is 0 Å². The first kappa shape index (κ1) is 8.42. The maximum Gasteiger partial charge on any atom is 0.123 e. The lowest BCUT2D eigenvalue weighted by Crippen LogP contribution is -2.17. The van der Waals surface area contributed by atoms with Crippen molar-refractivity contribution in [2.75, 3.05) is 0 Å². The van der Waals surface area contributed by atoms with E-state index in [1.807, 2.05) is 6.07 Å². The predicted octanol–water partition coefficient (Wildman–Crippen LogP) is 2.99. The van der Waals surface area contributed by atoms with E-state index in [4.69, 9.17) is 4.74 Å². The van der Waals surface area contributed by atoms with Crippen LogP contribution in [0.3, 0.4) is 0 Å². The van der Waals surface area contributed by atoms with Gasteiger partial charge in [0.1, 0.15) is 11.4 Å². The van der Waals surface area contributed by atoms with Crippen molar-refractivity contribution in [1.82, 2.24) is 0 Å². The molecule has 1 saturated carbocycles. The second-order valence-electron chi connectivity index (χ2n) is 4.25. The molecule has 14 heavy (non-hydrogen) atoms. The van der Waals surface area contributed by atoms with Gasteiger partial charge in [-0.05, 0) is 30.5 Å². The van der Waals surface area contributed by atoms with E-state index in [0.29, 0.717) is 6.10 Å². The van der Waals surface area contributed by atoms with Crippen molar-refractivity contribution >= 4 is 0 Å². The van der Waals surface area contributed by atoms with Gasteiger partial charge in [-0.3, -0.25) is 0 Å². The van der Waals surface area contributed by atoms with Gasteiger partial charge in [-0.15, -0.1) is 0 Å². The summed E-state index contributed by atoms with van der Waals surface area (Å²) in [5.41, 5.74) is 0.919. The molecular weight excluding hydrogens is 179 g/mol. The Kier molecular flexibility index (Phi) is 1.68. The fourth-order valence-corrected chi connectivity index (χ4v) is 2.60. The van der Waals surface area contributed by atoms with E-state index in [9.17, 15) is 4.39 Å². The van der Waals surface area contributed by atoms with Crippen LogP contribution in [0.1, 0.15) is 31.2 Å². The molecule has 2 heteroatoms. The van der Waals surface area contributed by atoms with Gasteiger partial charge in [-0.2, -0.15) is 0 Å². The van der Waals surface area contributed by atoms with Crippen LogP contribution in [0.15, 0.2) is 24.3 Å². The molecule has 2 atom stereocenters. The van der Waals surface area contributed by atoms with Gasteiger partial charge in [0.05, 0.1) is 6.10 Å². The third kappa shape index (κ3) is 1.10. The van der Waals surface area contributed by atoms with E-state index in [1.54, 1.807) is 12.1 Å². The molecule has 0 aromatic heterocycles. The Labute approximate surface area is 82.9 Å². The summed E-state index contributed by atoms with van der Waals surface area (Å²) in [5.74, 6) is -0.156. The zero-order valence-corrected chi connectivity index (χ0v) is 8.00. The molecule has 1 saturated heterocycles. The van der Waals surface area contributed by atoms with Crippen LogP contribution < -0.4 is 0 Å². The molecule has 0 amide bonds. The summed E-state index contributed by atoms with van der Waals surface area (Å²) < 4.78 is 18.8. The number of benzene rings is 1. The second-order valence-corrected chi connectivity index (χ2v) is 4.25. The van der Waals surface area contributed by atoms with E-state index >= 15 is 0 Å². The molecule has 1 nitrogen and oxygen atoms in total. The average molecular weight is 192 g/mol. The summed E-state index contributed by atoms with van der Waals surface area (Å²) >= 11 is 0. The highest BCUT2D eigenvalue weighted by atomic mass is 19.1. The number of hydrogen-bond acceptors (Lipinski definition) is 1. The van der Waals surface area contributed by atoms with Gasteiger partial charge in [0.25, 0.3) is 0 Å². The highest BCUT2D eigenvalue weighted by Crippen LogP contribution is 2.55. The van der Waals surface area contributed by atoms with Gasteiger partial charge in [-0.25, -0.2) is 4.39 Å². The maximum absolute atomic E-state index is 13.1. The molecule has 74 valence electrons. The summed E-state index contributed by atoms with van der Waals surface area (Å²) in [5, 5.41) is 0. The molecule has 1 aromatic carbocycles. The first-order valence-corrected chi connectivity index (χ1v) is 5.25. The minimum Gasteiger partial charge on any atom is -0.361 e. The fraction of sp³-hybridized carbons (Fsp3) is 0.500. The Bertz CT molecular complexity index is 363. The first-order valence-electron chi connectivity index (χ1n) is 5.25. The summed E-state index contributed by atoms with van der Waals surface area (Å²) in [6.07, 6.45) is 5.00. The maximum atomic E-state index is 13.1. The Hall–Kier alpha value is -0.890. The van der Waals surface area contributed by atoms with Crippen LogP contribution >= 0.6 is 0 Å². The molecule has 0 unspecified atom stereocenters. The molecule has 3 rings (SSSR count). The van der Waals surface area contributed by atoms with Crippen LogP contribution in [-0.2, 0) is 10.3 Å². The number of ether oxygens (including phenoxy) is 1. The van der Waals surface area contributed by atoms with Crippen molar-refractivity contribution in [2.45, 2.75) is 37.4 Å². The molecule has 1 aliphatic heterocycles. The summed E-state index contributed by atoms with van der Waals surface area (Å²) in [6, 6.07) is 6.85. The van der Waals surface area contributed by atoms with Crippen molar-refractivity contribution in [3.8, 4) is 0 Å². The third-order valence-electron chi connectivity index (χ3n) is 3.39. The predicted molar refractivity (Wildman–Crippen MR) is 51.4 cm³/mol. The zero-order chi connectivity index (χ0) is 9.60. The lowest BCUT2D eigenvalue weighted by atomic mass is 9.84. The Morgan fingerprint density at radius 2 is 2.29 bits per heavy atom. The SMILES string of the molecule is Fc1cccc([C@@]23CCCC[C@@H]2O3)c1. The summed E-state index contributed by atoms with van der Waals surface area (Å²) in [7, 11) is 0. The van der Waals surface area contributed by atoms with Crippen LogP contribution in [0, 0.1) is 5.82 Å². The van der Waals surface area contributed by atoms with Gasteiger partial charge in [0.15, 0.2) is 0 Å². The van der Waals surface area contributed by atoms with E-state index in [2.05, 4.69) is 0 Å². The largest absolute Gasteiger partial charge is 0.361 e. The topological polar surface area (TPSA) is 12.5 Å². The number of hydrogen-bond donors (Lipinski definition) is 0. The van der Waals surface area contributed by atoms with Crippen molar-refractivity contribution in [3.05, 3.63) is 35.6 Å². The Morgan fingerprint density at radius 3 is 3.07 bits per heavy atom. The van der Waals surface area contributed by atoms with E-state index < -0.39 is 0 Å². The molecule has 2 aliphatic rings. The molecule has 1 aliphatic carbocycles. The van der Waals surface area contributed by atoms with Crippen molar-refractivity contribution in [1.29, 1.82) is 0 Å². The van der Waals surface area contributed by atoms with Crippen LogP contribution in [0.5, 0.6) is 0 Å². The van der Waals surface area contributed by atoms with E-state index in [-0.39, 0.29) is 11.4 Å². The molecule has 0 radical (unpaired) electrons. The molecule has 1 heterocycles. The normalized spacial score (nSPS) is 35.1.